The number of hydrogen-bond donors (Lipinski definition) is 1. The zero-order valence-electron chi connectivity index (χ0n) is 11.5. The summed E-state index contributed by atoms with van der Waals surface area (Å²) in [5, 5.41) is 0. The highest BCUT2D eigenvalue weighted by atomic mass is 16.5. The smallest absolute Gasteiger partial charge is 0.119 e. The highest BCUT2D eigenvalue weighted by Crippen LogP contribution is 2.20. The molecular formula is C15H21NO2. The van der Waals surface area contributed by atoms with Gasteiger partial charge in [0, 0.05) is 5.56 Å². The lowest BCUT2D eigenvalue weighted by Gasteiger charge is -2.20. The van der Waals surface area contributed by atoms with Crippen molar-refractivity contribution in [3.05, 3.63) is 29.3 Å². The van der Waals surface area contributed by atoms with Crippen molar-refractivity contribution >= 4 is 0 Å². The fraction of sp³-hybridized carbons (Fsp3) is 0.467. The first-order valence-corrected chi connectivity index (χ1v) is 5.96. The van der Waals surface area contributed by atoms with Gasteiger partial charge < -0.3 is 15.2 Å². The van der Waals surface area contributed by atoms with Crippen LogP contribution in [0, 0.1) is 11.8 Å². The Labute approximate surface area is 109 Å². The van der Waals surface area contributed by atoms with E-state index in [4.69, 9.17) is 15.2 Å². The van der Waals surface area contributed by atoms with Crippen molar-refractivity contribution in [3.8, 4) is 17.6 Å². The van der Waals surface area contributed by atoms with E-state index in [1.54, 1.807) is 7.11 Å². The summed E-state index contributed by atoms with van der Waals surface area (Å²) in [6, 6.07) is 5.77. The standard InChI is InChI=1S/C15H21NO2/c1-15(2,3)18-11-13-10-14(17-4)8-7-12(13)6-5-9-16/h7-8,10H,9,11,16H2,1-4H3. The molecule has 0 aliphatic heterocycles. The molecular weight excluding hydrogens is 226 g/mol. The van der Waals surface area contributed by atoms with Crippen LogP contribution in [0.2, 0.25) is 0 Å². The van der Waals surface area contributed by atoms with Gasteiger partial charge in [-0.25, -0.2) is 0 Å². The van der Waals surface area contributed by atoms with E-state index in [0.29, 0.717) is 13.2 Å². The Morgan fingerprint density at radius 2 is 2.00 bits per heavy atom. The highest BCUT2D eigenvalue weighted by molar-refractivity contribution is 5.45. The Bertz CT molecular complexity index is 450. The van der Waals surface area contributed by atoms with Crippen LogP contribution < -0.4 is 10.5 Å². The van der Waals surface area contributed by atoms with E-state index < -0.39 is 0 Å². The zero-order chi connectivity index (χ0) is 13.6. The molecule has 0 unspecified atom stereocenters. The molecule has 98 valence electrons. The Morgan fingerprint density at radius 1 is 1.28 bits per heavy atom. The average Bonchev–Trinajstić information content (AvgIpc) is 2.33. The lowest BCUT2D eigenvalue weighted by atomic mass is 10.1. The van der Waals surface area contributed by atoms with E-state index in [2.05, 4.69) is 11.8 Å². The number of ether oxygens (including phenoxy) is 2. The zero-order valence-corrected chi connectivity index (χ0v) is 11.5. The largest absolute Gasteiger partial charge is 0.497 e. The maximum Gasteiger partial charge on any atom is 0.119 e. The molecule has 0 saturated heterocycles. The first-order valence-electron chi connectivity index (χ1n) is 5.96. The van der Waals surface area contributed by atoms with Crippen LogP contribution in [0.5, 0.6) is 5.75 Å². The molecule has 0 saturated carbocycles. The molecule has 0 radical (unpaired) electrons. The fourth-order valence-electron chi connectivity index (χ4n) is 1.38. The summed E-state index contributed by atoms with van der Waals surface area (Å²) >= 11 is 0. The van der Waals surface area contributed by atoms with Crippen LogP contribution in [0.25, 0.3) is 0 Å². The number of nitrogens with two attached hydrogens (primary N) is 1. The minimum absolute atomic E-state index is 0.179. The van der Waals surface area contributed by atoms with Crippen molar-refractivity contribution in [2.45, 2.75) is 33.0 Å². The van der Waals surface area contributed by atoms with Crippen molar-refractivity contribution in [2.24, 2.45) is 5.73 Å². The molecule has 0 atom stereocenters. The van der Waals surface area contributed by atoms with Gasteiger partial charge in [0.1, 0.15) is 5.75 Å². The summed E-state index contributed by atoms with van der Waals surface area (Å²) in [7, 11) is 1.65. The van der Waals surface area contributed by atoms with Crippen molar-refractivity contribution in [1.29, 1.82) is 0 Å². The molecule has 0 fully saturated rings. The molecule has 1 rings (SSSR count). The average molecular weight is 247 g/mol. The first kappa shape index (κ1) is 14.6. The van der Waals surface area contributed by atoms with Crippen molar-refractivity contribution < 1.29 is 9.47 Å². The molecule has 0 amide bonds. The van der Waals surface area contributed by atoms with Crippen LogP contribution in [0.1, 0.15) is 31.9 Å². The lowest BCUT2D eigenvalue weighted by molar-refractivity contribution is -0.0151. The minimum Gasteiger partial charge on any atom is -0.497 e. The summed E-state index contributed by atoms with van der Waals surface area (Å²) < 4.78 is 11.0. The van der Waals surface area contributed by atoms with Gasteiger partial charge >= 0.3 is 0 Å². The molecule has 0 spiro atoms. The molecule has 2 N–H and O–H groups in total. The van der Waals surface area contributed by atoms with Crippen LogP contribution in [0.4, 0.5) is 0 Å². The van der Waals surface area contributed by atoms with Crippen LogP contribution in [0.3, 0.4) is 0 Å². The van der Waals surface area contributed by atoms with Gasteiger partial charge in [0.25, 0.3) is 0 Å². The Hall–Kier alpha value is -1.50. The summed E-state index contributed by atoms with van der Waals surface area (Å²) in [6.07, 6.45) is 0. The molecule has 0 aromatic heterocycles. The molecule has 0 heterocycles. The Morgan fingerprint density at radius 3 is 2.56 bits per heavy atom. The predicted octanol–water partition coefficient (Wildman–Crippen LogP) is 2.32. The SMILES string of the molecule is COc1ccc(C#CCN)c(COC(C)(C)C)c1. The van der Waals surface area contributed by atoms with E-state index in [1.165, 1.54) is 0 Å². The van der Waals surface area contributed by atoms with Gasteiger partial charge in [0.05, 0.1) is 25.9 Å². The van der Waals surface area contributed by atoms with Gasteiger partial charge in [-0.3, -0.25) is 0 Å². The van der Waals surface area contributed by atoms with E-state index in [9.17, 15) is 0 Å². The monoisotopic (exact) mass is 247 g/mol. The fourth-order valence-corrected chi connectivity index (χ4v) is 1.38. The van der Waals surface area contributed by atoms with Crippen molar-refractivity contribution in [2.75, 3.05) is 13.7 Å². The third-order valence-corrected chi connectivity index (χ3v) is 2.30. The lowest BCUT2D eigenvalue weighted by Crippen LogP contribution is -2.19. The summed E-state index contributed by atoms with van der Waals surface area (Å²) in [6.45, 7) is 6.94. The van der Waals surface area contributed by atoms with E-state index in [0.717, 1.165) is 16.9 Å². The molecule has 1 aromatic carbocycles. The molecule has 3 heteroatoms. The van der Waals surface area contributed by atoms with Crippen LogP contribution in [-0.4, -0.2) is 19.3 Å². The van der Waals surface area contributed by atoms with E-state index in [-0.39, 0.29) is 5.60 Å². The maximum atomic E-state index is 5.78. The van der Waals surface area contributed by atoms with Gasteiger partial charge in [-0.1, -0.05) is 11.8 Å². The summed E-state index contributed by atoms with van der Waals surface area (Å²) in [5.41, 5.74) is 7.17. The van der Waals surface area contributed by atoms with Gasteiger partial charge in [0.2, 0.25) is 0 Å². The number of benzene rings is 1. The van der Waals surface area contributed by atoms with Gasteiger partial charge in [-0.05, 0) is 44.5 Å². The summed E-state index contributed by atoms with van der Waals surface area (Å²) in [4.78, 5) is 0. The Kier molecular flexibility index (Phi) is 5.21. The molecule has 0 aliphatic carbocycles. The van der Waals surface area contributed by atoms with Crippen LogP contribution in [-0.2, 0) is 11.3 Å². The molecule has 0 bridgehead atoms. The topological polar surface area (TPSA) is 44.5 Å². The molecule has 18 heavy (non-hydrogen) atoms. The van der Waals surface area contributed by atoms with E-state index >= 15 is 0 Å². The third-order valence-electron chi connectivity index (χ3n) is 2.30. The van der Waals surface area contributed by atoms with Crippen molar-refractivity contribution in [3.63, 3.8) is 0 Å². The Balaban J connectivity index is 2.96. The second kappa shape index (κ2) is 6.44. The normalized spacial score (nSPS) is 10.7. The third kappa shape index (κ3) is 4.79. The molecule has 1 aromatic rings. The maximum absolute atomic E-state index is 5.78. The summed E-state index contributed by atoms with van der Waals surface area (Å²) in [5.74, 6) is 6.72. The minimum atomic E-state index is -0.179. The van der Waals surface area contributed by atoms with Gasteiger partial charge in [-0.2, -0.15) is 0 Å². The van der Waals surface area contributed by atoms with Crippen LogP contribution >= 0.6 is 0 Å². The van der Waals surface area contributed by atoms with E-state index in [1.807, 2.05) is 39.0 Å². The van der Waals surface area contributed by atoms with Crippen molar-refractivity contribution in [1.82, 2.24) is 0 Å². The number of hydrogen-bond acceptors (Lipinski definition) is 3. The quantitative estimate of drug-likeness (QED) is 0.834. The number of methoxy groups -OCH3 is 1. The van der Waals surface area contributed by atoms with Gasteiger partial charge in [-0.15, -0.1) is 0 Å². The number of rotatable bonds is 3. The first-order chi connectivity index (χ1) is 8.46. The second-order valence-corrected chi connectivity index (χ2v) is 4.93. The molecule has 3 nitrogen and oxygen atoms in total. The second-order valence-electron chi connectivity index (χ2n) is 4.93. The predicted molar refractivity (Wildman–Crippen MR) is 73.5 cm³/mol. The molecule has 0 aliphatic rings. The van der Waals surface area contributed by atoms with Gasteiger partial charge in [0.15, 0.2) is 0 Å². The van der Waals surface area contributed by atoms with Crippen LogP contribution in [0.15, 0.2) is 18.2 Å². The highest BCUT2D eigenvalue weighted by Gasteiger charge is 2.12.